The highest BCUT2D eigenvalue weighted by Crippen LogP contribution is 2.47. The quantitative estimate of drug-likeness (QED) is 0.607. The first-order valence-electron chi connectivity index (χ1n) is 8.49. The van der Waals surface area contributed by atoms with E-state index >= 15 is 0 Å². The predicted molar refractivity (Wildman–Crippen MR) is 98.5 cm³/mol. The zero-order valence-electron chi connectivity index (χ0n) is 14.5. The van der Waals surface area contributed by atoms with E-state index in [-0.39, 0.29) is 37.1 Å². The van der Waals surface area contributed by atoms with Crippen molar-refractivity contribution in [3.05, 3.63) is 56.5 Å². The van der Waals surface area contributed by atoms with Gasteiger partial charge in [0.2, 0.25) is 0 Å². The molecule has 10 heteroatoms. The summed E-state index contributed by atoms with van der Waals surface area (Å²) in [6.45, 7) is 2.37. The van der Waals surface area contributed by atoms with Gasteiger partial charge in [-0.1, -0.05) is 12.2 Å². The maximum Gasteiger partial charge on any atom is 0.397 e. The molecule has 1 N–H and O–H groups in total. The van der Waals surface area contributed by atoms with E-state index in [1.807, 2.05) is 6.92 Å². The first-order chi connectivity index (χ1) is 13.0. The summed E-state index contributed by atoms with van der Waals surface area (Å²) >= 11 is 5.07. The highest BCUT2D eigenvalue weighted by atomic mass is 32.1. The number of halogens is 1. The number of benzene rings is 1. The molecule has 1 fully saturated rings. The van der Waals surface area contributed by atoms with Crippen LogP contribution < -0.4 is 10.2 Å². The molecule has 27 heavy (non-hydrogen) atoms. The Balaban J connectivity index is 1.33. The van der Waals surface area contributed by atoms with Crippen LogP contribution in [0.2, 0.25) is 0 Å². The van der Waals surface area contributed by atoms with Crippen molar-refractivity contribution in [1.29, 1.82) is 0 Å². The van der Waals surface area contributed by atoms with Gasteiger partial charge in [-0.25, -0.2) is 9.18 Å². The van der Waals surface area contributed by atoms with Crippen LogP contribution in [-0.2, 0) is 20.4 Å². The minimum absolute atomic E-state index is 0.172. The molecule has 2 aliphatic heterocycles. The van der Waals surface area contributed by atoms with Gasteiger partial charge in [-0.15, -0.1) is 0 Å². The molecule has 2 aliphatic rings. The summed E-state index contributed by atoms with van der Waals surface area (Å²) < 4.78 is 37.9. The Labute approximate surface area is 161 Å². The first-order valence-corrected chi connectivity index (χ1v) is 10.00. The largest absolute Gasteiger partial charge is 0.426 e. The number of nitrogens with zero attached hydrogens (tertiary/aromatic N) is 1. The molecule has 3 atom stereocenters. The molecule has 0 amide bonds. The fraction of sp³-hybridized carbons (Fsp3) is 0.412. The third-order valence-corrected chi connectivity index (χ3v) is 5.90. The second-order valence-electron chi connectivity index (χ2n) is 6.40. The lowest BCUT2D eigenvalue weighted by molar-refractivity contribution is -0.0229. The molecule has 4 rings (SSSR count). The van der Waals surface area contributed by atoms with Gasteiger partial charge in [0.25, 0.3) is 0 Å². The van der Waals surface area contributed by atoms with Crippen LogP contribution in [0.4, 0.5) is 4.39 Å². The zero-order valence-corrected chi connectivity index (χ0v) is 16.2. The van der Waals surface area contributed by atoms with Crippen molar-refractivity contribution in [2.45, 2.75) is 38.7 Å². The lowest BCUT2D eigenvalue weighted by Gasteiger charge is -2.24. The third-order valence-electron chi connectivity index (χ3n) is 4.43. The lowest BCUT2D eigenvalue weighted by Crippen LogP contribution is -2.28. The number of H-pyrrole nitrogens is 1. The van der Waals surface area contributed by atoms with Gasteiger partial charge in [0.05, 0.1) is 19.3 Å². The molecule has 0 spiro atoms. The zero-order chi connectivity index (χ0) is 19.0. The Morgan fingerprint density at radius 2 is 2.30 bits per heavy atom. The molecule has 1 aromatic carbocycles. The van der Waals surface area contributed by atoms with Gasteiger partial charge in [-0.2, -0.15) is 0 Å². The van der Waals surface area contributed by atoms with E-state index in [9.17, 15) is 9.18 Å². The molecular formula is C17H18FN2O5PS. The SMILES string of the molecule is Cc1cn(C2CCC(COP3OCc4cc(F)ccc4O3)O2)c(=O)[nH]c1=S. The number of nitrogens with one attached hydrogen (secondary N) is 1. The Morgan fingerprint density at radius 1 is 1.44 bits per heavy atom. The average Bonchev–Trinajstić information content (AvgIpc) is 3.11. The fourth-order valence-electron chi connectivity index (χ4n) is 3.00. The van der Waals surface area contributed by atoms with Crippen LogP contribution in [0.15, 0.2) is 29.2 Å². The van der Waals surface area contributed by atoms with Crippen molar-refractivity contribution in [2.75, 3.05) is 6.61 Å². The summed E-state index contributed by atoms with van der Waals surface area (Å²) in [5.41, 5.74) is 1.19. The monoisotopic (exact) mass is 412 g/mol. The van der Waals surface area contributed by atoms with Crippen molar-refractivity contribution in [3.8, 4) is 5.75 Å². The van der Waals surface area contributed by atoms with Crippen molar-refractivity contribution in [3.63, 3.8) is 0 Å². The van der Waals surface area contributed by atoms with E-state index in [1.54, 1.807) is 12.3 Å². The van der Waals surface area contributed by atoms with E-state index in [4.69, 9.17) is 30.5 Å². The van der Waals surface area contributed by atoms with Gasteiger partial charge >= 0.3 is 14.3 Å². The van der Waals surface area contributed by atoms with E-state index in [2.05, 4.69) is 4.98 Å². The van der Waals surface area contributed by atoms with Crippen LogP contribution in [0.25, 0.3) is 0 Å². The molecule has 7 nitrogen and oxygen atoms in total. The van der Waals surface area contributed by atoms with Gasteiger partial charge in [0.15, 0.2) is 0 Å². The number of ether oxygens (including phenoxy) is 1. The first kappa shape index (κ1) is 18.7. The summed E-state index contributed by atoms with van der Waals surface area (Å²) in [5, 5.41) is 0. The molecule has 0 bridgehead atoms. The van der Waals surface area contributed by atoms with E-state index in [1.165, 1.54) is 16.7 Å². The van der Waals surface area contributed by atoms with Gasteiger partial charge < -0.3 is 9.26 Å². The summed E-state index contributed by atoms with van der Waals surface area (Å²) in [5.74, 6) is 0.242. The Morgan fingerprint density at radius 3 is 3.15 bits per heavy atom. The van der Waals surface area contributed by atoms with Gasteiger partial charge in [-0.05, 0) is 38.0 Å². The number of aromatic nitrogens is 2. The van der Waals surface area contributed by atoms with Gasteiger partial charge in [0.1, 0.15) is 22.4 Å². The van der Waals surface area contributed by atoms with Crippen LogP contribution in [0.5, 0.6) is 5.75 Å². The predicted octanol–water partition coefficient (Wildman–Crippen LogP) is 3.88. The summed E-state index contributed by atoms with van der Waals surface area (Å²) in [6, 6.07) is 4.30. The van der Waals surface area contributed by atoms with Crippen molar-refractivity contribution >= 4 is 20.8 Å². The smallest absolute Gasteiger partial charge is 0.397 e. The van der Waals surface area contributed by atoms with Crippen molar-refractivity contribution in [1.82, 2.24) is 9.55 Å². The van der Waals surface area contributed by atoms with E-state index < -0.39 is 8.60 Å². The molecule has 144 valence electrons. The van der Waals surface area contributed by atoms with Crippen LogP contribution in [0.3, 0.4) is 0 Å². The Kier molecular flexibility index (Phi) is 5.39. The minimum atomic E-state index is -1.56. The normalized spacial score (nSPS) is 24.4. The Hall–Kier alpha value is -1.64. The number of hydrogen-bond acceptors (Lipinski definition) is 6. The van der Waals surface area contributed by atoms with Gasteiger partial charge in [-0.3, -0.25) is 18.6 Å². The fourth-order valence-corrected chi connectivity index (χ4v) is 4.19. The summed E-state index contributed by atoms with van der Waals surface area (Å²) in [7, 11) is -1.56. The van der Waals surface area contributed by atoms with Crippen LogP contribution in [-0.4, -0.2) is 22.3 Å². The van der Waals surface area contributed by atoms with E-state index in [0.717, 1.165) is 12.0 Å². The second kappa shape index (κ2) is 7.77. The number of rotatable bonds is 4. The highest BCUT2D eigenvalue weighted by Gasteiger charge is 2.30. The maximum absolute atomic E-state index is 13.2. The number of aryl methyl sites for hydroxylation is 1. The molecule has 3 heterocycles. The van der Waals surface area contributed by atoms with Crippen LogP contribution in [0.1, 0.15) is 30.2 Å². The summed E-state index contributed by atoms with van der Waals surface area (Å²) in [6.07, 6.45) is 2.62. The molecule has 2 aromatic rings. The lowest BCUT2D eigenvalue weighted by atomic mass is 10.2. The molecule has 0 saturated carbocycles. The summed E-state index contributed by atoms with van der Waals surface area (Å²) in [4.78, 5) is 14.7. The average molecular weight is 412 g/mol. The third kappa shape index (κ3) is 4.12. The molecule has 3 unspecified atom stereocenters. The van der Waals surface area contributed by atoms with Crippen molar-refractivity contribution < 1.29 is 22.7 Å². The Bertz CT molecular complexity index is 965. The van der Waals surface area contributed by atoms with Gasteiger partial charge in [0, 0.05) is 17.3 Å². The minimum Gasteiger partial charge on any atom is -0.426 e. The highest BCUT2D eigenvalue weighted by molar-refractivity contribution is 7.71. The molecule has 0 aliphatic carbocycles. The molecular weight excluding hydrogens is 394 g/mol. The molecule has 0 radical (unpaired) electrons. The standard InChI is InChI=1S/C17H18FN2O5PS/c1-10-7-20(17(21)19-16(10)27)15-5-3-13(24-15)9-23-26-22-8-11-6-12(18)2-4-14(11)25-26/h2,4,6-7,13,15H,3,5,8-9H2,1H3,(H,19,21,27). The number of aromatic amines is 1. The number of fused-ring (bicyclic) bond motifs is 1. The second-order valence-corrected chi connectivity index (χ2v) is 7.96. The van der Waals surface area contributed by atoms with Crippen LogP contribution >= 0.6 is 20.8 Å². The van der Waals surface area contributed by atoms with E-state index in [0.29, 0.717) is 22.4 Å². The topological polar surface area (TPSA) is 74.7 Å². The van der Waals surface area contributed by atoms with Crippen LogP contribution in [0, 0.1) is 17.4 Å². The molecule has 1 aromatic heterocycles. The maximum atomic E-state index is 13.2. The molecule has 1 saturated heterocycles. The van der Waals surface area contributed by atoms with Crippen molar-refractivity contribution in [2.24, 2.45) is 0 Å². The number of hydrogen-bond donors (Lipinski definition) is 1.